The van der Waals surface area contributed by atoms with E-state index in [2.05, 4.69) is 5.32 Å². The highest BCUT2D eigenvalue weighted by atomic mass is 35.5. The molecule has 0 aromatic heterocycles. The van der Waals surface area contributed by atoms with Gasteiger partial charge in [-0.15, -0.1) is 0 Å². The minimum absolute atomic E-state index is 0.166. The largest absolute Gasteiger partial charge is 0.299 e. The second-order valence-corrected chi connectivity index (χ2v) is 5.34. The third kappa shape index (κ3) is 2.99. The number of hydrogen-bond acceptors (Lipinski definition) is 3. The van der Waals surface area contributed by atoms with Gasteiger partial charge in [0, 0.05) is 24.5 Å². The van der Waals surface area contributed by atoms with Gasteiger partial charge in [0.1, 0.15) is 5.82 Å². The van der Waals surface area contributed by atoms with Gasteiger partial charge in [0.2, 0.25) is 11.8 Å². The highest BCUT2D eigenvalue weighted by Gasteiger charge is 2.32. The van der Waals surface area contributed by atoms with Crippen LogP contribution < -0.4 is 5.32 Å². The average molecular weight is 299 g/mol. The summed E-state index contributed by atoms with van der Waals surface area (Å²) < 4.78 is 13.0. The number of rotatable bonds is 3. The summed E-state index contributed by atoms with van der Waals surface area (Å²) in [6, 6.07) is 3.54. The minimum atomic E-state index is -0.422. The van der Waals surface area contributed by atoms with Gasteiger partial charge in [-0.05, 0) is 31.0 Å². The van der Waals surface area contributed by atoms with Crippen molar-refractivity contribution in [3.8, 4) is 0 Å². The standard InChI is InChI=1S/C14H16ClFN2O2/c1-8(10-4-3-9(16)7-11(10)15)17-12-5-6-13(19)18(2)14(12)20/h3-4,7-8,12,17H,5-6H2,1-2H3. The number of halogens is 2. The van der Waals surface area contributed by atoms with Crippen molar-refractivity contribution in [3.05, 3.63) is 34.6 Å². The first-order valence-corrected chi connectivity index (χ1v) is 6.79. The number of carbonyl (C=O) groups excluding carboxylic acids is 2. The topological polar surface area (TPSA) is 49.4 Å². The first-order chi connectivity index (χ1) is 9.40. The van der Waals surface area contributed by atoms with Crippen molar-refractivity contribution in [3.63, 3.8) is 0 Å². The van der Waals surface area contributed by atoms with Crippen LogP contribution in [0.3, 0.4) is 0 Å². The number of imide groups is 1. The van der Waals surface area contributed by atoms with Crippen LogP contribution in [0.2, 0.25) is 5.02 Å². The highest BCUT2D eigenvalue weighted by Crippen LogP contribution is 2.25. The fraction of sp³-hybridized carbons (Fsp3) is 0.429. The normalized spacial score (nSPS) is 21.2. The lowest BCUT2D eigenvalue weighted by molar-refractivity contribution is -0.148. The Kier molecular flexibility index (Phi) is 4.40. The summed E-state index contributed by atoms with van der Waals surface area (Å²) in [5, 5.41) is 3.46. The van der Waals surface area contributed by atoms with Gasteiger partial charge in [0.05, 0.1) is 6.04 Å². The fourth-order valence-corrected chi connectivity index (χ4v) is 2.65. The maximum absolute atomic E-state index is 13.0. The molecule has 20 heavy (non-hydrogen) atoms. The van der Waals surface area contributed by atoms with Crippen molar-refractivity contribution in [2.24, 2.45) is 0 Å². The summed E-state index contributed by atoms with van der Waals surface area (Å²) in [4.78, 5) is 24.5. The number of benzene rings is 1. The first kappa shape index (κ1) is 14.9. The zero-order chi connectivity index (χ0) is 14.9. The van der Waals surface area contributed by atoms with Crippen LogP contribution in [-0.2, 0) is 9.59 Å². The van der Waals surface area contributed by atoms with Gasteiger partial charge in [0.25, 0.3) is 0 Å². The van der Waals surface area contributed by atoms with E-state index in [1.807, 2.05) is 6.92 Å². The van der Waals surface area contributed by atoms with Crippen molar-refractivity contribution in [1.82, 2.24) is 10.2 Å². The fourth-order valence-electron chi connectivity index (χ4n) is 2.31. The zero-order valence-corrected chi connectivity index (χ0v) is 12.1. The molecule has 2 rings (SSSR count). The van der Waals surface area contributed by atoms with Crippen LogP contribution >= 0.6 is 11.6 Å². The van der Waals surface area contributed by atoms with Crippen molar-refractivity contribution in [2.75, 3.05) is 7.05 Å². The summed E-state index contributed by atoms with van der Waals surface area (Å²) in [5.41, 5.74) is 0.723. The van der Waals surface area contributed by atoms with Gasteiger partial charge < -0.3 is 0 Å². The third-order valence-electron chi connectivity index (χ3n) is 3.53. The molecular formula is C14H16ClFN2O2. The van der Waals surface area contributed by atoms with Crippen LogP contribution in [0.5, 0.6) is 0 Å². The lowest BCUT2D eigenvalue weighted by Gasteiger charge is -2.30. The molecule has 1 N–H and O–H groups in total. The van der Waals surface area contributed by atoms with E-state index in [-0.39, 0.29) is 17.9 Å². The molecule has 1 aliphatic heterocycles. The van der Waals surface area contributed by atoms with Gasteiger partial charge in [-0.3, -0.25) is 19.8 Å². The van der Waals surface area contributed by atoms with E-state index >= 15 is 0 Å². The number of piperidine rings is 1. The summed E-state index contributed by atoms with van der Waals surface area (Å²) in [6.07, 6.45) is 0.801. The molecule has 1 fully saturated rings. The number of hydrogen-bond donors (Lipinski definition) is 1. The molecule has 0 saturated carbocycles. The van der Waals surface area contributed by atoms with Crippen LogP contribution in [0, 0.1) is 5.82 Å². The van der Waals surface area contributed by atoms with Crippen LogP contribution in [0.25, 0.3) is 0 Å². The maximum Gasteiger partial charge on any atom is 0.246 e. The molecule has 2 amide bonds. The van der Waals surface area contributed by atoms with Crippen molar-refractivity contribution in [2.45, 2.75) is 31.8 Å². The molecule has 4 nitrogen and oxygen atoms in total. The lowest BCUT2D eigenvalue weighted by Crippen LogP contribution is -2.51. The Balaban J connectivity index is 2.09. The molecule has 2 unspecified atom stereocenters. The van der Waals surface area contributed by atoms with Crippen LogP contribution in [-0.4, -0.2) is 29.8 Å². The lowest BCUT2D eigenvalue weighted by atomic mass is 10.0. The number of amides is 2. The first-order valence-electron chi connectivity index (χ1n) is 6.41. The monoisotopic (exact) mass is 298 g/mol. The Hall–Kier alpha value is -1.46. The highest BCUT2D eigenvalue weighted by molar-refractivity contribution is 6.31. The molecule has 1 aromatic carbocycles. The summed E-state index contributed by atoms with van der Waals surface area (Å²) in [7, 11) is 1.48. The van der Waals surface area contributed by atoms with E-state index in [9.17, 15) is 14.0 Å². The molecule has 1 saturated heterocycles. The molecule has 0 aliphatic carbocycles. The van der Waals surface area contributed by atoms with Gasteiger partial charge in [-0.1, -0.05) is 17.7 Å². The number of nitrogens with one attached hydrogen (secondary N) is 1. The molecular weight excluding hydrogens is 283 g/mol. The van der Waals surface area contributed by atoms with E-state index in [1.54, 1.807) is 6.07 Å². The Morgan fingerprint density at radius 2 is 2.15 bits per heavy atom. The third-order valence-corrected chi connectivity index (χ3v) is 3.86. The Morgan fingerprint density at radius 3 is 2.80 bits per heavy atom. The van der Waals surface area contributed by atoms with Crippen molar-refractivity contribution < 1.29 is 14.0 Å². The predicted octanol–water partition coefficient (Wildman–Crippen LogP) is 2.28. The predicted molar refractivity (Wildman–Crippen MR) is 73.8 cm³/mol. The second kappa shape index (κ2) is 5.89. The Morgan fingerprint density at radius 1 is 1.45 bits per heavy atom. The van der Waals surface area contributed by atoms with Gasteiger partial charge in [-0.25, -0.2) is 4.39 Å². The van der Waals surface area contributed by atoms with E-state index in [0.717, 1.165) is 10.5 Å². The van der Waals surface area contributed by atoms with Crippen molar-refractivity contribution in [1.29, 1.82) is 0 Å². The molecule has 6 heteroatoms. The van der Waals surface area contributed by atoms with Gasteiger partial charge in [0.15, 0.2) is 0 Å². The smallest absolute Gasteiger partial charge is 0.246 e. The molecule has 0 radical (unpaired) electrons. The van der Waals surface area contributed by atoms with Crippen LogP contribution in [0.1, 0.15) is 31.4 Å². The Bertz CT molecular complexity index is 550. The Labute approximate surface area is 121 Å². The number of likely N-dealkylation sites (tertiary alicyclic amines) is 1. The van der Waals surface area contributed by atoms with E-state index in [4.69, 9.17) is 11.6 Å². The molecule has 1 heterocycles. The molecule has 1 aromatic rings. The van der Waals surface area contributed by atoms with Crippen LogP contribution in [0.15, 0.2) is 18.2 Å². The molecule has 2 atom stereocenters. The minimum Gasteiger partial charge on any atom is -0.299 e. The quantitative estimate of drug-likeness (QED) is 0.871. The molecule has 108 valence electrons. The zero-order valence-electron chi connectivity index (χ0n) is 11.3. The van der Waals surface area contributed by atoms with Crippen LogP contribution in [0.4, 0.5) is 4.39 Å². The average Bonchev–Trinajstić information content (AvgIpc) is 2.39. The van der Waals surface area contributed by atoms with E-state index in [1.165, 1.54) is 19.2 Å². The number of nitrogens with zero attached hydrogens (tertiary/aromatic N) is 1. The van der Waals surface area contributed by atoms with Gasteiger partial charge in [-0.2, -0.15) is 0 Å². The van der Waals surface area contributed by atoms with Crippen molar-refractivity contribution >= 4 is 23.4 Å². The number of carbonyl (C=O) groups is 2. The molecule has 0 spiro atoms. The SMILES string of the molecule is CC(NC1CCC(=O)N(C)C1=O)c1ccc(F)cc1Cl. The summed E-state index contributed by atoms with van der Waals surface area (Å²) in [6.45, 7) is 1.85. The van der Waals surface area contributed by atoms with Gasteiger partial charge >= 0.3 is 0 Å². The molecule has 0 bridgehead atoms. The molecule has 1 aliphatic rings. The summed E-state index contributed by atoms with van der Waals surface area (Å²) in [5.74, 6) is -0.808. The maximum atomic E-state index is 13.0. The number of likely N-dealkylation sites (N-methyl/N-ethyl adjacent to an activating group) is 1. The second-order valence-electron chi connectivity index (χ2n) is 4.94. The van der Waals surface area contributed by atoms with E-state index in [0.29, 0.717) is 17.9 Å². The summed E-state index contributed by atoms with van der Waals surface area (Å²) >= 11 is 6.00. The van der Waals surface area contributed by atoms with E-state index < -0.39 is 11.9 Å².